The highest BCUT2D eigenvalue weighted by atomic mass is 19.4. The van der Waals surface area contributed by atoms with E-state index in [0.717, 1.165) is 43.9 Å². The van der Waals surface area contributed by atoms with Crippen molar-refractivity contribution in [2.24, 2.45) is 0 Å². The van der Waals surface area contributed by atoms with Crippen LogP contribution >= 0.6 is 0 Å². The molecule has 1 saturated heterocycles. The number of nitrogens with one attached hydrogen (secondary N) is 1. The summed E-state index contributed by atoms with van der Waals surface area (Å²) in [5, 5.41) is 3.18. The predicted molar refractivity (Wildman–Crippen MR) is 65.7 cm³/mol. The Morgan fingerprint density at radius 1 is 1.22 bits per heavy atom. The normalized spacial score (nSPS) is 16.4. The third-order valence-corrected chi connectivity index (χ3v) is 3.19. The van der Waals surface area contributed by atoms with Crippen LogP contribution in [0, 0.1) is 0 Å². The first kappa shape index (κ1) is 13.2. The molecule has 2 nitrogen and oxygen atoms in total. The first-order chi connectivity index (χ1) is 8.52. The van der Waals surface area contributed by atoms with E-state index in [4.69, 9.17) is 0 Å². The van der Waals surface area contributed by atoms with Crippen molar-refractivity contribution < 1.29 is 13.2 Å². The van der Waals surface area contributed by atoms with E-state index in [0.29, 0.717) is 6.04 Å². The van der Waals surface area contributed by atoms with Gasteiger partial charge in [0.15, 0.2) is 0 Å². The lowest BCUT2D eigenvalue weighted by Gasteiger charge is -2.40. The Hall–Kier alpha value is -1.23. The Kier molecular flexibility index (Phi) is 3.80. The zero-order chi connectivity index (χ0) is 13.2. The summed E-state index contributed by atoms with van der Waals surface area (Å²) in [5.41, 5.74) is 0.283. The molecule has 0 bridgehead atoms. The number of hydrogen-bond acceptors (Lipinski definition) is 2. The van der Waals surface area contributed by atoms with Crippen molar-refractivity contribution in [3.63, 3.8) is 0 Å². The third kappa shape index (κ3) is 2.77. The van der Waals surface area contributed by atoms with Gasteiger partial charge in [0, 0.05) is 25.3 Å². The predicted octanol–water partition coefficient (Wildman–Crippen LogP) is 2.89. The van der Waals surface area contributed by atoms with Crippen molar-refractivity contribution in [1.29, 1.82) is 0 Å². The summed E-state index contributed by atoms with van der Waals surface area (Å²) in [6.45, 7) is 4.75. The molecule has 0 amide bonds. The molecule has 1 aromatic carbocycles. The van der Waals surface area contributed by atoms with Gasteiger partial charge in [0.25, 0.3) is 0 Å². The highest BCUT2D eigenvalue weighted by molar-refractivity contribution is 5.49. The maximum absolute atomic E-state index is 12.5. The number of hydrogen-bond donors (Lipinski definition) is 1. The van der Waals surface area contributed by atoms with Gasteiger partial charge >= 0.3 is 6.18 Å². The van der Waals surface area contributed by atoms with E-state index < -0.39 is 11.7 Å². The van der Waals surface area contributed by atoms with Crippen molar-refractivity contribution in [2.45, 2.75) is 25.6 Å². The van der Waals surface area contributed by atoms with Crippen molar-refractivity contribution in [2.75, 3.05) is 24.5 Å². The number of benzene rings is 1. The van der Waals surface area contributed by atoms with E-state index in [1.54, 1.807) is 12.1 Å². The van der Waals surface area contributed by atoms with Gasteiger partial charge in [-0.15, -0.1) is 0 Å². The number of anilines is 1. The highest BCUT2D eigenvalue weighted by Gasteiger charge is 2.31. The van der Waals surface area contributed by atoms with E-state index in [1.807, 2.05) is 0 Å². The molecule has 0 aliphatic carbocycles. The van der Waals surface area contributed by atoms with Gasteiger partial charge < -0.3 is 10.2 Å². The van der Waals surface area contributed by atoms with Crippen LogP contribution in [0.4, 0.5) is 18.9 Å². The number of nitrogens with zero attached hydrogens (tertiary/aromatic N) is 1. The fourth-order valence-electron chi connectivity index (χ4n) is 2.10. The molecule has 1 N–H and O–H groups in total. The van der Waals surface area contributed by atoms with E-state index in [1.165, 1.54) is 0 Å². The molecule has 100 valence electrons. The minimum absolute atomic E-state index is 0.404. The molecule has 1 aromatic rings. The molecule has 0 atom stereocenters. The second-order valence-electron chi connectivity index (χ2n) is 4.55. The average molecular weight is 258 g/mol. The molecule has 0 saturated carbocycles. The van der Waals surface area contributed by atoms with Gasteiger partial charge in [-0.05, 0) is 30.7 Å². The van der Waals surface area contributed by atoms with Gasteiger partial charge in [0.2, 0.25) is 0 Å². The standard InChI is InChI=1S/C13H17F3N2/c1-2-7-18(12-8-17-9-12)11-5-3-10(4-6-11)13(14,15)16/h3-6,12,17H,2,7-9H2,1H3. The maximum Gasteiger partial charge on any atom is 0.416 e. The molecular formula is C13H17F3N2. The molecule has 1 fully saturated rings. The molecule has 1 heterocycles. The summed E-state index contributed by atoms with van der Waals surface area (Å²) in [5.74, 6) is 0. The maximum atomic E-state index is 12.5. The lowest BCUT2D eigenvalue weighted by atomic mass is 10.1. The molecule has 2 rings (SSSR count). The molecule has 1 aliphatic heterocycles. The first-order valence-corrected chi connectivity index (χ1v) is 6.17. The lowest BCUT2D eigenvalue weighted by Crippen LogP contribution is -2.57. The van der Waals surface area contributed by atoms with Gasteiger partial charge in [-0.25, -0.2) is 0 Å². The zero-order valence-corrected chi connectivity index (χ0v) is 10.3. The Morgan fingerprint density at radius 3 is 2.22 bits per heavy atom. The highest BCUT2D eigenvalue weighted by Crippen LogP contribution is 2.31. The average Bonchev–Trinajstić information content (AvgIpc) is 2.25. The molecule has 0 aromatic heterocycles. The smallest absolute Gasteiger partial charge is 0.366 e. The SMILES string of the molecule is CCCN(c1ccc(C(F)(F)F)cc1)C1CNC1. The van der Waals surface area contributed by atoms with Crippen molar-refractivity contribution >= 4 is 5.69 Å². The Labute approximate surface area is 105 Å². The molecule has 0 radical (unpaired) electrons. The van der Waals surface area contributed by atoms with Crippen molar-refractivity contribution in [3.8, 4) is 0 Å². The summed E-state index contributed by atoms with van der Waals surface area (Å²) >= 11 is 0. The van der Waals surface area contributed by atoms with Crippen LogP contribution in [0.1, 0.15) is 18.9 Å². The minimum atomic E-state index is -4.26. The van der Waals surface area contributed by atoms with Crippen LogP contribution in [0.5, 0.6) is 0 Å². The van der Waals surface area contributed by atoms with Crippen LogP contribution in [0.2, 0.25) is 0 Å². The Morgan fingerprint density at radius 2 is 1.83 bits per heavy atom. The molecule has 1 aliphatic rings. The summed E-state index contributed by atoms with van der Waals surface area (Å²) < 4.78 is 37.4. The van der Waals surface area contributed by atoms with Gasteiger partial charge in [-0.1, -0.05) is 6.92 Å². The summed E-state index contributed by atoms with van der Waals surface area (Å²) in [4.78, 5) is 2.18. The first-order valence-electron chi connectivity index (χ1n) is 6.17. The molecule has 0 unspecified atom stereocenters. The molecule has 18 heavy (non-hydrogen) atoms. The molecule has 0 spiro atoms. The van der Waals surface area contributed by atoms with E-state index >= 15 is 0 Å². The van der Waals surface area contributed by atoms with Crippen molar-refractivity contribution in [3.05, 3.63) is 29.8 Å². The van der Waals surface area contributed by atoms with Crippen LogP contribution in [0.25, 0.3) is 0 Å². The topological polar surface area (TPSA) is 15.3 Å². The second-order valence-corrected chi connectivity index (χ2v) is 4.55. The molecule has 5 heteroatoms. The van der Waals surface area contributed by atoms with Crippen LogP contribution in [-0.4, -0.2) is 25.7 Å². The minimum Gasteiger partial charge on any atom is -0.366 e. The van der Waals surface area contributed by atoms with Crippen LogP contribution < -0.4 is 10.2 Å². The van der Waals surface area contributed by atoms with Crippen LogP contribution in [-0.2, 0) is 6.18 Å². The van der Waals surface area contributed by atoms with Gasteiger partial charge in [-0.2, -0.15) is 13.2 Å². The van der Waals surface area contributed by atoms with E-state index in [2.05, 4.69) is 17.1 Å². The monoisotopic (exact) mass is 258 g/mol. The quantitative estimate of drug-likeness (QED) is 0.893. The lowest BCUT2D eigenvalue weighted by molar-refractivity contribution is -0.137. The number of alkyl halides is 3. The summed E-state index contributed by atoms with van der Waals surface area (Å²) in [6, 6.07) is 5.85. The van der Waals surface area contributed by atoms with Gasteiger partial charge in [0.05, 0.1) is 11.6 Å². The van der Waals surface area contributed by atoms with Crippen LogP contribution in [0.3, 0.4) is 0 Å². The molecular weight excluding hydrogens is 241 g/mol. The van der Waals surface area contributed by atoms with Gasteiger partial charge in [-0.3, -0.25) is 0 Å². The van der Waals surface area contributed by atoms with E-state index in [9.17, 15) is 13.2 Å². The second kappa shape index (κ2) is 5.18. The largest absolute Gasteiger partial charge is 0.416 e. The fourth-order valence-corrected chi connectivity index (χ4v) is 2.10. The summed E-state index contributed by atoms with van der Waals surface area (Å²) in [7, 11) is 0. The van der Waals surface area contributed by atoms with Crippen LogP contribution in [0.15, 0.2) is 24.3 Å². The third-order valence-electron chi connectivity index (χ3n) is 3.19. The zero-order valence-electron chi connectivity index (χ0n) is 10.3. The summed E-state index contributed by atoms with van der Waals surface area (Å²) in [6.07, 6.45) is -3.27. The van der Waals surface area contributed by atoms with Crippen molar-refractivity contribution in [1.82, 2.24) is 5.32 Å². The van der Waals surface area contributed by atoms with E-state index in [-0.39, 0.29) is 0 Å². The fraction of sp³-hybridized carbons (Fsp3) is 0.538. The Bertz CT molecular complexity index is 382. The number of halogens is 3. The van der Waals surface area contributed by atoms with Gasteiger partial charge in [0.1, 0.15) is 0 Å². The Balaban J connectivity index is 2.15. The number of rotatable bonds is 4.